The summed E-state index contributed by atoms with van der Waals surface area (Å²) in [7, 11) is 0. The SMILES string of the molecule is CC1(F)CN(C(=O)CC(F)(F)F)C1. The molecule has 13 heavy (non-hydrogen) atoms. The van der Waals surface area contributed by atoms with Crippen LogP contribution in [0.3, 0.4) is 0 Å². The van der Waals surface area contributed by atoms with Crippen LogP contribution in [-0.4, -0.2) is 35.7 Å². The van der Waals surface area contributed by atoms with E-state index in [9.17, 15) is 22.4 Å². The Balaban J connectivity index is 2.36. The van der Waals surface area contributed by atoms with Crippen molar-refractivity contribution in [2.45, 2.75) is 25.2 Å². The van der Waals surface area contributed by atoms with Crippen LogP contribution < -0.4 is 0 Å². The Bertz CT molecular complexity index is 215. The first-order valence-corrected chi connectivity index (χ1v) is 3.73. The lowest BCUT2D eigenvalue weighted by atomic mass is 9.99. The summed E-state index contributed by atoms with van der Waals surface area (Å²) in [4.78, 5) is 11.6. The minimum atomic E-state index is -4.50. The third-order valence-electron chi connectivity index (χ3n) is 1.75. The summed E-state index contributed by atoms with van der Waals surface area (Å²) in [5.74, 6) is -1.05. The fourth-order valence-electron chi connectivity index (χ4n) is 1.21. The summed E-state index contributed by atoms with van der Waals surface area (Å²) >= 11 is 0. The number of carbonyl (C=O) groups is 1. The molecule has 0 atom stereocenters. The summed E-state index contributed by atoms with van der Waals surface area (Å²) < 4.78 is 47.8. The molecule has 6 heteroatoms. The maximum Gasteiger partial charge on any atom is 0.397 e. The number of carbonyl (C=O) groups excluding carboxylic acids is 1. The van der Waals surface area contributed by atoms with Gasteiger partial charge in [0.25, 0.3) is 0 Å². The molecule has 1 rings (SSSR count). The quantitative estimate of drug-likeness (QED) is 0.586. The van der Waals surface area contributed by atoms with E-state index >= 15 is 0 Å². The van der Waals surface area contributed by atoms with E-state index in [2.05, 4.69) is 0 Å². The number of likely N-dealkylation sites (tertiary alicyclic amines) is 1. The highest BCUT2D eigenvalue weighted by Gasteiger charge is 2.44. The average molecular weight is 199 g/mol. The molecular weight excluding hydrogens is 190 g/mol. The Morgan fingerprint density at radius 2 is 1.92 bits per heavy atom. The van der Waals surface area contributed by atoms with Gasteiger partial charge >= 0.3 is 6.18 Å². The van der Waals surface area contributed by atoms with Crippen LogP contribution in [0.25, 0.3) is 0 Å². The van der Waals surface area contributed by atoms with E-state index < -0.39 is 24.2 Å². The van der Waals surface area contributed by atoms with Gasteiger partial charge < -0.3 is 4.90 Å². The standard InChI is InChI=1S/C7H9F4NO/c1-6(8)3-12(4-6)5(13)2-7(9,10)11/h2-4H2,1H3. The molecule has 0 spiro atoms. The first-order chi connectivity index (χ1) is 5.70. The van der Waals surface area contributed by atoms with Crippen LogP contribution in [0, 0.1) is 0 Å². The lowest BCUT2D eigenvalue weighted by molar-refractivity contribution is -0.170. The average Bonchev–Trinajstić information content (AvgIpc) is 1.77. The van der Waals surface area contributed by atoms with Gasteiger partial charge in [-0.1, -0.05) is 0 Å². The van der Waals surface area contributed by atoms with E-state index in [0.29, 0.717) is 0 Å². The first kappa shape index (κ1) is 10.3. The van der Waals surface area contributed by atoms with E-state index in [1.807, 2.05) is 0 Å². The Kier molecular flexibility index (Phi) is 2.25. The summed E-state index contributed by atoms with van der Waals surface area (Å²) in [5, 5.41) is 0. The second-order valence-corrected chi connectivity index (χ2v) is 3.46. The second-order valence-electron chi connectivity index (χ2n) is 3.46. The molecule has 0 aromatic rings. The van der Waals surface area contributed by atoms with Gasteiger partial charge in [0.15, 0.2) is 0 Å². The van der Waals surface area contributed by atoms with Crippen LogP contribution in [-0.2, 0) is 4.79 Å². The molecule has 0 aliphatic carbocycles. The number of hydrogen-bond donors (Lipinski definition) is 0. The Labute approximate surface area is 72.5 Å². The van der Waals surface area contributed by atoms with Crippen molar-refractivity contribution in [1.29, 1.82) is 0 Å². The largest absolute Gasteiger partial charge is 0.397 e. The van der Waals surface area contributed by atoms with Crippen molar-refractivity contribution in [2.75, 3.05) is 13.1 Å². The zero-order chi connectivity index (χ0) is 10.3. The number of halogens is 4. The summed E-state index contributed by atoms with van der Waals surface area (Å²) in [6, 6.07) is 0. The smallest absolute Gasteiger partial charge is 0.336 e. The molecule has 0 radical (unpaired) electrons. The number of hydrogen-bond acceptors (Lipinski definition) is 1. The monoisotopic (exact) mass is 199 g/mol. The molecule has 76 valence electrons. The number of nitrogens with zero attached hydrogens (tertiary/aromatic N) is 1. The molecule has 0 saturated carbocycles. The molecule has 0 unspecified atom stereocenters. The third-order valence-corrected chi connectivity index (χ3v) is 1.75. The maximum absolute atomic E-state index is 12.8. The Morgan fingerprint density at radius 1 is 1.46 bits per heavy atom. The lowest BCUT2D eigenvalue weighted by Gasteiger charge is -2.42. The van der Waals surface area contributed by atoms with E-state index in [-0.39, 0.29) is 13.1 Å². The van der Waals surface area contributed by atoms with Crippen molar-refractivity contribution in [1.82, 2.24) is 4.90 Å². The molecule has 0 N–H and O–H groups in total. The van der Waals surface area contributed by atoms with Crippen LogP contribution >= 0.6 is 0 Å². The van der Waals surface area contributed by atoms with Gasteiger partial charge in [0.1, 0.15) is 12.1 Å². The van der Waals surface area contributed by atoms with Crippen molar-refractivity contribution in [3.63, 3.8) is 0 Å². The molecule has 0 aromatic carbocycles. The van der Waals surface area contributed by atoms with Crippen LogP contribution in [0.2, 0.25) is 0 Å². The minimum absolute atomic E-state index is 0.234. The topological polar surface area (TPSA) is 20.3 Å². The van der Waals surface area contributed by atoms with Gasteiger partial charge in [-0.2, -0.15) is 13.2 Å². The molecule has 0 bridgehead atoms. The summed E-state index contributed by atoms with van der Waals surface area (Å²) in [5.41, 5.74) is -1.51. The predicted octanol–water partition coefficient (Wildman–Crippen LogP) is 1.51. The third kappa shape index (κ3) is 2.86. The summed E-state index contributed by atoms with van der Waals surface area (Å²) in [6.07, 6.45) is -6.00. The van der Waals surface area contributed by atoms with E-state index in [1.54, 1.807) is 0 Å². The van der Waals surface area contributed by atoms with Gasteiger partial charge in [0.05, 0.1) is 13.1 Å². The number of alkyl halides is 4. The minimum Gasteiger partial charge on any atom is -0.336 e. The summed E-state index contributed by atoms with van der Waals surface area (Å²) in [6.45, 7) is 0.786. The van der Waals surface area contributed by atoms with Crippen molar-refractivity contribution >= 4 is 5.91 Å². The Hall–Kier alpha value is -0.810. The van der Waals surface area contributed by atoms with Crippen molar-refractivity contribution in [3.8, 4) is 0 Å². The van der Waals surface area contributed by atoms with Crippen molar-refractivity contribution in [3.05, 3.63) is 0 Å². The van der Waals surface area contributed by atoms with Gasteiger partial charge in [0, 0.05) is 0 Å². The molecule has 0 aromatic heterocycles. The van der Waals surface area contributed by atoms with E-state index in [1.165, 1.54) is 6.92 Å². The molecule has 1 saturated heterocycles. The normalized spacial score (nSPS) is 21.2. The second kappa shape index (κ2) is 2.85. The van der Waals surface area contributed by atoms with E-state index in [0.717, 1.165) is 4.90 Å². The zero-order valence-electron chi connectivity index (χ0n) is 6.99. The van der Waals surface area contributed by atoms with Crippen LogP contribution in [0.4, 0.5) is 17.6 Å². The van der Waals surface area contributed by atoms with Crippen LogP contribution in [0.5, 0.6) is 0 Å². The zero-order valence-corrected chi connectivity index (χ0v) is 6.99. The van der Waals surface area contributed by atoms with Crippen molar-refractivity contribution < 1.29 is 22.4 Å². The van der Waals surface area contributed by atoms with Crippen molar-refractivity contribution in [2.24, 2.45) is 0 Å². The molecular formula is C7H9F4NO. The van der Waals surface area contributed by atoms with Crippen LogP contribution in [0.15, 0.2) is 0 Å². The van der Waals surface area contributed by atoms with Gasteiger partial charge in [0.2, 0.25) is 5.91 Å². The highest BCUT2D eigenvalue weighted by molar-refractivity contribution is 5.78. The van der Waals surface area contributed by atoms with Gasteiger partial charge in [-0.15, -0.1) is 0 Å². The predicted molar refractivity (Wildman–Crippen MR) is 36.8 cm³/mol. The molecule has 2 nitrogen and oxygen atoms in total. The molecule has 1 heterocycles. The van der Waals surface area contributed by atoms with Gasteiger partial charge in [-0.05, 0) is 6.92 Å². The Morgan fingerprint density at radius 3 is 2.23 bits per heavy atom. The van der Waals surface area contributed by atoms with Gasteiger partial charge in [-0.3, -0.25) is 4.79 Å². The highest BCUT2D eigenvalue weighted by atomic mass is 19.4. The number of amides is 1. The van der Waals surface area contributed by atoms with E-state index in [4.69, 9.17) is 0 Å². The van der Waals surface area contributed by atoms with Gasteiger partial charge in [-0.25, -0.2) is 4.39 Å². The first-order valence-electron chi connectivity index (χ1n) is 3.73. The number of rotatable bonds is 1. The highest BCUT2D eigenvalue weighted by Crippen LogP contribution is 2.28. The molecule has 1 aliphatic heterocycles. The fraction of sp³-hybridized carbons (Fsp3) is 0.857. The fourth-order valence-corrected chi connectivity index (χ4v) is 1.21. The van der Waals surface area contributed by atoms with Crippen LogP contribution in [0.1, 0.15) is 13.3 Å². The lowest BCUT2D eigenvalue weighted by Crippen LogP contribution is -2.59. The molecule has 1 amide bonds. The molecule has 1 aliphatic rings. The molecule has 1 fully saturated rings. The maximum atomic E-state index is 12.8.